The summed E-state index contributed by atoms with van der Waals surface area (Å²) in [4.78, 5) is 8.35. The Morgan fingerprint density at radius 1 is 1.44 bits per heavy atom. The summed E-state index contributed by atoms with van der Waals surface area (Å²) in [5, 5.41) is 6.32. The van der Waals surface area contributed by atoms with Crippen LogP contribution in [0.2, 0.25) is 0 Å². The van der Waals surface area contributed by atoms with Gasteiger partial charge in [-0.2, -0.15) is 0 Å². The number of rotatable bonds is 8. The van der Waals surface area contributed by atoms with E-state index in [4.69, 9.17) is 0 Å². The fraction of sp³-hybridized carbons (Fsp3) is 0.667. The summed E-state index contributed by atoms with van der Waals surface area (Å²) in [6, 6.07) is 0. The van der Waals surface area contributed by atoms with Crippen LogP contribution in [0.1, 0.15) is 25.7 Å². The van der Waals surface area contributed by atoms with Gasteiger partial charge < -0.3 is 10.6 Å². The molecule has 0 saturated heterocycles. The van der Waals surface area contributed by atoms with Crippen LogP contribution in [-0.2, 0) is 0 Å². The fourth-order valence-corrected chi connectivity index (χ4v) is 1.69. The van der Waals surface area contributed by atoms with E-state index in [1.807, 2.05) is 13.3 Å². The first-order valence-corrected chi connectivity index (χ1v) is 5.96. The predicted molar refractivity (Wildman–Crippen MR) is 70.3 cm³/mol. The molecule has 4 heteroatoms. The van der Waals surface area contributed by atoms with Gasteiger partial charge in [-0.05, 0) is 39.6 Å². The predicted octanol–water partition coefficient (Wildman–Crippen LogP) is 1.35. The van der Waals surface area contributed by atoms with Gasteiger partial charge in [0, 0.05) is 24.9 Å². The Hall–Kier alpha value is -1.16. The molecule has 0 fully saturated rings. The summed E-state index contributed by atoms with van der Waals surface area (Å²) in [5.74, 6) is 0.902. The van der Waals surface area contributed by atoms with Gasteiger partial charge in [-0.1, -0.05) is 6.42 Å². The molecule has 0 aromatic rings. The van der Waals surface area contributed by atoms with Crippen LogP contribution in [0, 0.1) is 0 Å². The smallest absolute Gasteiger partial charge is 0.129 e. The van der Waals surface area contributed by atoms with Crippen molar-refractivity contribution in [2.24, 2.45) is 9.98 Å². The van der Waals surface area contributed by atoms with E-state index in [9.17, 15) is 0 Å². The molecule has 1 aliphatic heterocycles. The molecule has 0 aromatic heterocycles. The quantitative estimate of drug-likeness (QED) is 0.481. The van der Waals surface area contributed by atoms with E-state index in [1.54, 1.807) is 0 Å². The highest BCUT2D eigenvalue weighted by atomic mass is 15.0. The Bertz CT molecular complexity index is 268. The van der Waals surface area contributed by atoms with Crippen molar-refractivity contribution in [3.63, 3.8) is 0 Å². The third kappa shape index (κ3) is 4.57. The second-order valence-corrected chi connectivity index (χ2v) is 3.91. The van der Waals surface area contributed by atoms with Crippen LogP contribution in [0.5, 0.6) is 0 Å². The highest BCUT2D eigenvalue weighted by Crippen LogP contribution is 2.11. The number of unbranched alkanes of at least 4 members (excludes halogenated alkanes) is 2. The third-order valence-electron chi connectivity index (χ3n) is 2.61. The van der Waals surface area contributed by atoms with E-state index in [-0.39, 0.29) is 0 Å². The SMILES string of the molecule is C=NC1=C(/C=N\CCCCCNC)CCN1. The molecule has 1 aliphatic rings. The van der Waals surface area contributed by atoms with E-state index in [1.165, 1.54) is 18.4 Å². The summed E-state index contributed by atoms with van der Waals surface area (Å²) in [6.45, 7) is 6.50. The molecule has 0 aromatic carbocycles. The first-order valence-electron chi connectivity index (χ1n) is 5.96. The molecule has 0 atom stereocenters. The maximum atomic E-state index is 4.42. The molecule has 4 nitrogen and oxygen atoms in total. The van der Waals surface area contributed by atoms with Gasteiger partial charge in [-0.15, -0.1) is 0 Å². The maximum absolute atomic E-state index is 4.42. The average Bonchev–Trinajstić information content (AvgIpc) is 2.75. The van der Waals surface area contributed by atoms with Gasteiger partial charge in [-0.3, -0.25) is 4.99 Å². The van der Waals surface area contributed by atoms with Gasteiger partial charge in [0.2, 0.25) is 0 Å². The number of hydrogen-bond donors (Lipinski definition) is 2. The van der Waals surface area contributed by atoms with Crippen molar-refractivity contribution in [2.45, 2.75) is 25.7 Å². The molecule has 1 rings (SSSR count). The van der Waals surface area contributed by atoms with Gasteiger partial charge >= 0.3 is 0 Å². The summed E-state index contributed by atoms with van der Waals surface area (Å²) in [6.07, 6.45) is 6.59. The summed E-state index contributed by atoms with van der Waals surface area (Å²) < 4.78 is 0. The number of nitrogens with zero attached hydrogens (tertiary/aromatic N) is 2. The minimum Gasteiger partial charge on any atom is -0.369 e. The largest absolute Gasteiger partial charge is 0.369 e. The molecule has 0 spiro atoms. The zero-order chi connectivity index (χ0) is 11.6. The lowest BCUT2D eigenvalue weighted by Crippen LogP contribution is -2.07. The number of nitrogens with one attached hydrogen (secondary N) is 2. The fourth-order valence-electron chi connectivity index (χ4n) is 1.69. The van der Waals surface area contributed by atoms with Crippen LogP contribution in [-0.4, -0.2) is 39.6 Å². The molecular formula is C12H22N4. The van der Waals surface area contributed by atoms with Gasteiger partial charge in [0.25, 0.3) is 0 Å². The van der Waals surface area contributed by atoms with Gasteiger partial charge in [0.1, 0.15) is 5.82 Å². The maximum Gasteiger partial charge on any atom is 0.129 e. The zero-order valence-corrected chi connectivity index (χ0v) is 10.1. The molecule has 2 N–H and O–H groups in total. The van der Waals surface area contributed by atoms with Crippen molar-refractivity contribution in [1.82, 2.24) is 10.6 Å². The van der Waals surface area contributed by atoms with Crippen molar-refractivity contribution >= 4 is 12.9 Å². The van der Waals surface area contributed by atoms with Crippen molar-refractivity contribution in [2.75, 3.05) is 26.7 Å². The number of aliphatic imine (C=N–C) groups is 2. The van der Waals surface area contributed by atoms with Crippen LogP contribution in [0.4, 0.5) is 0 Å². The lowest BCUT2D eigenvalue weighted by atomic mass is 10.2. The van der Waals surface area contributed by atoms with Crippen molar-refractivity contribution in [3.05, 3.63) is 11.4 Å². The highest BCUT2D eigenvalue weighted by molar-refractivity contribution is 5.80. The minimum absolute atomic E-state index is 0.902. The Kier molecular flexibility index (Phi) is 6.49. The molecule has 0 saturated carbocycles. The zero-order valence-electron chi connectivity index (χ0n) is 10.1. The van der Waals surface area contributed by atoms with Crippen LogP contribution in [0.3, 0.4) is 0 Å². The molecule has 16 heavy (non-hydrogen) atoms. The molecular weight excluding hydrogens is 200 g/mol. The molecule has 0 amide bonds. The Morgan fingerprint density at radius 3 is 3.06 bits per heavy atom. The lowest BCUT2D eigenvalue weighted by molar-refractivity contribution is 0.649. The van der Waals surface area contributed by atoms with Crippen LogP contribution >= 0.6 is 0 Å². The topological polar surface area (TPSA) is 48.8 Å². The summed E-state index contributed by atoms with van der Waals surface area (Å²) in [7, 11) is 1.99. The first-order chi connectivity index (χ1) is 7.88. The molecule has 0 aliphatic carbocycles. The van der Waals surface area contributed by atoms with Crippen LogP contribution in [0.25, 0.3) is 0 Å². The standard InChI is InChI=1S/C12H22N4/c1-13-7-4-3-5-8-15-10-11-6-9-16-12(11)14-2/h10,13,16H,2-9H2,1H3/b15-10-. The average molecular weight is 222 g/mol. The van der Waals surface area contributed by atoms with Crippen molar-refractivity contribution in [3.8, 4) is 0 Å². The molecule has 0 radical (unpaired) electrons. The summed E-state index contributed by atoms with van der Waals surface area (Å²) >= 11 is 0. The van der Waals surface area contributed by atoms with E-state index in [2.05, 4.69) is 27.3 Å². The number of hydrogen-bond acceptors (Lipinski definition) is 4. The normalized spacial score (nSPS) is 15.8. The van der Waals surface area contributed by atoms with Crippen LogP contribution in [0.15, 0.2) is 21.4 Å². The van der Waals surface area contributed by atoms with E-state index in [0.29, 0.717) is 0 Å². The first kappa shape index (κ1) is 12.9. The summed E-state index contributed by atoms with van der Waals surface area (Å²) in [5.41, 5.74) is 1.19. The Labute approximate surface area is 97.9 Å². The van der Waals surface area contributed by atoms with E-state index in [0.717, 1.165) is 38.3 Å². The molecule has 90 valence electrons. The van der Waals surface area contributed by atoms with Gasteiger partial charge in [0.05, 0.1) is 0 Å². The third-order valence-corrected chi connectivity index (χ3v) is 2.61. The van der Waals surface area contributed by atoms with E-state index < -0.39 is 0 Å². The molecule has 0 bridgehead atoms. The monoisotopic (exact) mass is 222 g/mol. The lowest BCUT2D eigenvalue weighted by Gasteiger charge is -1.98. The molecule has 1 heterocycles. The van der Waals surface area contributed by atoms with Gasteiger partial charge in [0.15, 0.2) is 0 Å². The van der Waals surface area contributed by atoms with Crippen LogP contribution < -0.4 is 10.6 Å². The van der Waals surface area contributed by atoms with Gasteiger partial charge in [-0.25, -0.2) is 4.99 Å². The van der Waals surface area contributed by atoms with Crippen molar-refractivity contribution in [1.29, 1.82) is 0 Å². The molecule has 0 unspecified atom stereocenters. The highest BCUT2D eigenvalue weighted by Gasteiger charge is 2.09. The Balaban J connectivity index is 2.14. The minimum atomic E-state index is 0.902. The van der Waals surface area contributed by atoms with E-state index >= 15 is 0 Å². The second-order valence-electron chi connectivity index (χ2n) is 3.91. The Morgan fingerprint density at radius 2 is 2.31 bits per heavy atom. The second kappa shape index (κ2) is 8.05. The van der Waals surface area contributed by atoms with Crippen molar-refractivity contribution < 1.29 is 0 Å².